The molecule has 0 aliphatic carbocycles. The molecule has 2 aromatic carbocycles. The molecule has 1 aromatic heterocycles. The number of rotatable bonds is 5. The molecule has 0 radical (unpaired) electrons. The molecule has 0 aliphatic heterocycles. The second kappa shape index (κ2) is 9.28. The highest BCUT2D eigenvalue weighted by atomic mass is 35.5. The minimum Gasteiger partial charge on any atom is -0.310 e. The van der Waals surface area contributed by atoms with Crippen LogP contribution in [0.3, 0.4) is 0 Å². The Morgan fingerprint density at radius 3 is 2.34 bits per heavy atom. The first-order valence-corrected chi connectivity index (χ1v) is 10.0. The zero-order valence-electron chi connectivity index (χ0n) is 15.5. The molecule has 7 heteroatoms. The molecule has 0 saturated carbocycles. The number of hydrogen-bond donors (Lipinski definition) is 1. The van der Waals surface area contributed by atoms with Crippen molar-refractivity contribution in [1.82, 2.24) is 4.98 Å². The lowest BCUT2D eigenvalue weighted by molar-refractivity contribution is -0.116. The Kier molecular flexibility index (Phi) is 6.76. The zero-order chi connectivity index (χ0) is 21.0. The average molecular weight is 445 g/mol. The fourth-order valence-corrected chi connectivity index (χ4v) is 3.48. The lowest BCUT2D eigenvalue weighted by atomic mass is 9.97. The number of carbonyl (C=O) groups excluding carboxylic acids is 1. The Bertz CT molecular complexity index is 1110. The van der Waals surface area contributed by atoms with Gasteiger partial charge in [0.05, 0.1) is 16.3 Å². The third-order valence-corrected chi connectivity index (χ3v) is 5.02. The van der Waals surface area contributed by atoms with Crippen molar-refractivity contribution in [3.63, 3.8) is 0 Å². The van der Waals surface area contributed by atoms with E-state index in [1.807, 2.05) is 19.1 Å². The van der Waals surface area contributed by atoms with Crippen LogP contribution < -0.4 is 5.32 Å². The van der Waals surface area contributed by atoms with Gasteiger partial charge in [-0.1, -0.05) is 53.9 Å². The van der Waals surface area contributed by atoms with Gasteiger partial charge < -0.3 is 5.32 Å². The lowest BCUT2D eigenvalue weighted by Crippen LogP contribution is -2.13. The topological polar surface area (TPSA) is 65.8 Å². The second-order valence-electron chi connectivity index (χ2n) is 6.32. The lowest BCUT2D eigenvalue weighted by Gasteiger charge is -2.15. The molecule has 0 fully saturated rings. The van der Waals surface area contributed by atoms with E-state index in [9.17, 15) is 10.1 Å². The number of nitrogens with zero attached hydrogens (tertiary/aromatic N) is 2. The van der Waals surface area contributed by atoms with Gasteiger partial charge in [-0.25, -0.2) is 4.98 Å². The molecular formula is C22H16Cl3N3O. The first-order chi connectivity index (χ1) is 13.9. The maximum absolute atomic E-state index is 12.1. The van der Waals surface area contributed by atoms with E-state index in [2.05, 4.69) is 16.4 Å². The number of pyridine rings is 1. The third-order valence-electron chi connectivity index (χ3n) is 4.22. The van der Waals surface area contributed by atoms with Crippen molar-refractivity contribution in [3.05, 3.63) is 69.2 Å². The van der Waals surface area contributed by atoms with E-state index in [1.165, 1.54) is 0 Å². The van der Waals surface area contributed by atoms with E-state index in [0.29, 0.717) is 44.7 Å². The van der Waals surface area contributed by atoms with Gasteiger partial charge in [0.15, 0.2) is 5.82 Å². The molecule has 3 aromatic rings. The molecule has 0 atom stereocenters. The molecule has 4 nitrogen and oxygen atoms in total. The summed E-state index contributed by atoms with van der Waals surface area (Å²) in [5, 5.41) is 13.9. The van der Waals surface area contributed by atoms with Crippen LogP contribution in [-0.2, 0) is 4.79 Å². The van der Waals surface area contributed by atoms with Gasteiger partial charge in [-0.15, -0.1) is 0 Å². The summed E-state index contributed by atoms with van der Waals surface area (Å²) in [6.07, 6.45) is 1.02. The summed E-state index contributed by atoms with van der Waals surface area (Å²) >= 11 is 18.5. The third kappa shape index (κ3) is 4.89. The summed E-state index contributed by atoms with van der Waals surface area (Å²) in [7, 11) is 0. The first-order valence-electron chi connectivity index (χ1n) is 8.89. The number of carbonyl (C=O) groups is 1. The number of nitriles is 1. The molecule has 0 saturated heterocycles. The van der Waals surface area contributed by atoms with Crippen LogP contribution in [-0.4, -0.2) is 10.9 Å². The molecule has 0 unspecified atom stereocenters. The van der Waals surface area contributed by atoms with Crippen molar-refractivity contribution in [3.8, 4) is 28.5 Å². The summed E-state index contributed by atoms with van der Waals surface area (Å²) in [5.41, 5.74) is 2.92. The van der Waals surface area contributed by atoms with Gasteiger partial charge in [0.25, 0.3) is 0 Å². The van der Waals surface area contributed by atoms with Gasteiger partial charge >= 0.3 is 0 Å². The van der Waals surface area contributed by atoms with Crippen molar-refractivity contribution in [2.45, 2.75) is 19.8 Å². The van der Waals surface area contributed by atoms with Gasteiger partial charge in [0, 0.05) is 27.6 Å². The Balaban J connectivity index is 2.24. The molecule has 1 heterocycles. The standard InChI is InChI=1S/C22H16Cl3N3O/c1-2-3-20(29)27-22-14(12-26)10-18(13-4-6-15(23)7-5-13)21(28-22)17-9-8-16(24)11-19(17)25/h4-11H,2-3H2,1H3,(H,27,28,29). The zero-order valence-corrected chi connectivity index (χ0v) is 17.7. The van der Waals surface area contributed by atoms with Crippen molar-refractivity contribution in [2.24, 2.45) is 0 Å². The molecule has 0 bridgehead atoms. The largest absolute Gasteiger partial charge is 0.310 e. The number of nitrogens with one attached hydrogen (secondary N) is 1. The van der Waals surface area contributed by atoms with Crippen molar-refractivity contribution in [1.29, 1.82) is 5.26 Å². The number of halogens is 3. The Labute approximate surface area is 184 Å². The number of aromatic nitrogens is 1. The van der Waals surface area contributed by atoms with Crippen molar-refractivity contribution >= 4 is 46.5 Å². The minimum atomic E-state index is -0.205. The van der Waals surface area contributed by atoms with E-state index in [4.69, 9.17) is 34.8 Å². The van der Waals surface area contributed by atoms with E-state index >= 15 is 0 Å². The highest BCUT2D eigenvalue weighted by Crippen LogP contribution is 2.38. The normalized spacial score (nSPS) is 10.4. The van der Waals surface area contributed by atoms with E-state index in [0.717, 1.165) is 5.56 Å². The van der Waals surface area contributed by atoms with Crippen LogP contribution in [0.15, 0.2) is 48.5 Å². The molecule has 146 valence electrons. The molecule has 0 aliphatic rings. The van der Waals surface area contributed by atoms with E-state index in [-0.39, 0.29) is 17.3 Å². The maximum atomic E-state index is 12.1. The molecule has 0 spiro atoms. The van der Waals surface area contributed by atoms with Gasteiger partial charge in [0.2, 0.25) is 5.91 Å². The van der Waals surface area contributed by atoms with Crippen LogP contribution >= 0.6 is 34.8 Å². The van der Waals surface area contributed by atoms with Gasteiger partial charge in [-0.2, -0.15) is 5.26 Å². The summed E-state index contributed by atoms with van der Waals surface area (Å²) in [4.78, 5) is 16.7. The average Bonchev–Trinajstić information content (AvgIpc) is 2.69. The van der Waals surface area contributed by atoms with E-state index in [1.54, 1.807) is 36.4 Å². The van der Waals surface area contributed by atoms with Crippen molar-refractivity contribution < 1.29 is 4.79 Å². The van der Waals surface area contributed by atoms with Gasteiger partial charge in [-0.05, 0) is 48.4 Å². The van der Waals surface area contributed by atoms with E-state index < -0.39 is 0 Å². The SMILES string of the molecule is CCCC(=O)Nc1nc(-c2ccc(Cl)cc2Cl)c(-c2ccc(Cl)cc2)cc1C#N. The number of hydrogen-bond acceptors (Lipinski definition) is 3. The minimum absolute atomic E-state index is 0.199. The smallest absolute Gasteiger partial charge is 0.225 e. The first kappa shape index (κ1) is 21.1. The second-order valence-corrected chi connectivity index (χ2v) is 7.60. The molecule has 1 N–H and O–H groups in total. The summed E-state index contributed by atoms with van der Waals surface area (Å²) < 4.78 is 0. The number of benzene rings is 2. The Morgan fingerprint density at radius 2 is 1.72 bits per heavy atom. The van der Waals surface area contributed by atoms with Gasteiger partial charge in [0.1, 0.15) is 6.07 Å². The highest BCUT2D eigenvalue weighted by molar-refractivity contribution is 6.36. The highest BCUT2D eigenvalue weighted by Gasteiger charge is 2.18. The summed E-state index contributed by atoms with van der Waals surface area (Å²) in [6, 6.07) is 16.1. The molecule has 1 amide bonds. The molecule has 29 heavy (non-hydrogen) atoms. The number of anilines is 1. The Hall–Kier alpha value is -2.58. The summed E-state index contributed by atoms with van der Waals surface area (Å²) in [6.45, 7) is 1.90. The quantitative estimate of drug-likeness (QED) is 0.461. The van der Waals surface area contributed by atoms with Gasteiger partial charge in [-0.3, -0.25) is 4.79 Å². The number of amides is 1. The maximum Gasteiger partial charge on any atom is 0.225 e. The fourth-order valence-electron chi connectivity index (χ4n) is 2.85. The Morgan fingerprint density at radius 1 is 1.03 bits per heavy atom. The van der Waals surface area contributed by atoms with Crippen LogP contribution in [0.1, 0.15) is 25.3 Å². The van der Waals surface area contributed by atoms with Crippen LogP contribution in [0, 0.1) is 11.3 Å². The predicted molar refractivity (Wildman–Crippen MR) is 118 cm³/mol. The van der Waals surface area contributed by atoms with Crippen LogP contribution in [0.2, 0.25) is 15.1 Å². The van der Waals surface area contributed by atoms with Crippen LogP contribution in [0.25, 0.3) is 22.4 Å². The van der Waals surface area contributed by atoms with Crippen molar-refractivity contribution in [2.75, 3.05) is 5.32 Å². The van der Waals surface area contributed by atoms with Crippen LogP contribution in [0.4, 0.5) is 5.82 Å². The molecular weight excluding hydrogens is 429 g/mol. The molecule has 3 rings (SSSR count). The monoisotopic (exact) mass is 443 g/mol. The predicted octanol–water partition coefficient (Wildman–Crippen LogP) is 6.99. The summed E-state index contributed by atoms with van der Waals surface area (Å²) in [5.74, 6) is -0.00595. The van der Waals surface area contributed by atoms with Crippen LogP contribution in [0.5, 0.6) is 0 Å². The fraction of sp³-hybridized carbons (Fsp3) is 0.136.